The highest BCUT2D eigenvalue weighted by molar-refractivity contribution is 5.87. The number of hydrogen-bond donors (Lipinski definition) is 0. The fourth-order valence-corrected chi connectivity index (χ4v) is 5.28. The summed E-state index contributed by atoms with van der Waals surface area (Å²) in [6.07, 6.45) is 11.2. The summed E-state index contributed by atoms with van der Waals surface area (Å²) < 4.78 is 5.81. The van der Waals surface area contributed by atoms with E-state index in [1.807, 2.05) is 0 Å². The minimum absolute atomic E-state index is 0.0365. The zero-order chi connectivity index (χ0) is 17.9. The maximum Gasteiger partial charge on any atom is 0.302 e. The van der Waals surface area contributed by atoms with Gasteiger partial charge >= 0.3 is 5.97 Å². The van der Waals surface area contributed by atoms with Crippen LogP contribution in [0.15, 0.2) is 36.4 Å². The topological polar surface area (TPSA) is 26.3 Å². The molecule has 138 valence electrons. The molecular formula is C24H30O2. The summed E-state index contributed by atoms with van der Waals surface area (Å²) in [6.45, 7) is 1.55. The molecule has 2 aromatic carbocycles. The van der Waals surface area contributed by atoms with Gasteiger partial charge in [-0.15, -0.1) is 0 Å². The average molecular weight is 351 g/mol. The van der Waals surface area contributed by atoms with Gasteiger partial charge in [0.25, 0.3) is 0 Å². The highest BCUT2D eigenvalue weighted by Gasteiger charge is 2.33. The van der Waals surface area contributed by atoms with E-state index >= 15 is 0 Å². The molecule has 2 saturated carbocycles. The first-order chi connectivity index (χ1) is 12.7. The smallest absolute Gasteiger partial charge is 0.302 e. The van der Waals surface area contributed by atoms with E-state index in [4.69, 9.17) is 4.74 Å². The first kappa shape index (κ1) is 17.6. The summed E-state index contributed by atoms with van der Waals surface area (Å²) in [7, 11) is 0. The fraction of sp³-hybridized carbons (Fsp3) is 0.542. The number of fused-ring (bicyclic) bond motifs is 1. The van der Waals surface area contributed by atoms with Crippen LogP contribution in [0.4, 0.5) is 0 Å². The quantitative estimate of drug-likeness (QED) is 0.592. The molecule has 0 bridgehead atoms. The van der Waals surface area contributed by atoms with E-state index in [1.54, 1.807) is 6.92 Å². The maximum atomic E-state index is 11.7. The molecule has 26 heavy (non-hydrogen) atoms. The van der Waals surface area contributed by atoms with Gasteiger partial charge in [-0.1, -0.05) is 62.1 Å². The molecule has 0 spiro atoms. The van der Waals surface area contributed by atoms with Gasteiger partial charge in [0.2, 0.25) is 0 Å². The third kappa shape index (κ3) is 3.51. The van der Waals surface area contributed by atoms with Crippen LogP contribution in [0.2, 0.25) is 0 Å². The normalized spacial score (nSPS) is 24.5. The Morgan fingerprint density at radius 3 is 2.42 bits per heavy atom. The minimum Gasteiger partial charge on any atom is -0.462 e. The van der Waals surface area contributed by atoms with Gasteiger partial charge in [0.15, 0.2) is 0 Å². The monoisotopic (exact) mass is 350 g/mol. The lowest BCUT2D eigenvalue weighted by molar-refractivity contribution is -0.148. The zero-order valence-corrected chi connectivity index (χ0v) is 15.9. The molecule has 2 aliphatic carbocycles. The Morgan fingerprint density at radius 2 is 1.62 bits per heavy atom. The first-order valence-corrected chi connectivity index (χ1v) is 10.4. The Labute approximate surface area is 156 Å². The molecule has 0 heterocycles. The number of benzene rings is 2. The second kappa shape index (κ2) is 7.82. The Balaban J connectivity index is 1.83. The number of carbonyl (C=O) groups excluding carboxylic acids is 1. The van der Waals surface area contributed by atoms with Gasteiger partial charge in [-0.25, -0.2) is 0 Å². The molecule has 0 unspecified atom stereocenters. The largest absolute Gasteiger partial charge is 0.462 e. The second-order valence-corrected chi connectivity index (χ2v) is 8.16. The minimum atomic E-state index is -0.138. The van der Waals surface area contributed by atoms with Gasteiger partial charge < -0.3 is 4.74 Å². The van der Waals surface area contributed by atoms with Gasteiger partial charge in [0.1, 0.15) is 6.10 Å². The number of esters is 1. The van der Waals surface area contributed by atoms with Crippen LogP contribution in [-0.4, -0.2) is 12.1 Å². The van der Waals surface area contributed by atoms with E-state index < -0.39 is 0 Å². The summed E-state index contributed by atoms with van der Waals surface area (Å²) in [5.41, 5.74) is 3.02. The van der Waals surface area contributed by atoms with Gasteiger partial charge in [-0.2, -0.15) is 0 Å². The summed E-state index contributed by atoms with van der Waals surface area (Å²) in [4.78, 5) is 11.7. The lowest BCUT2D eigenvalue weighted by Crippen LogP contribution is -2.29. The standard InChI is InChI=1S/C24H30O2/c1-17(25)26-23-14-8-7-13-22(23)24-20-12-6-5-11-19(20)15-16-21(24)18-9-3-2-4-10-18/h5-6,11-12,15-16,18,22-23H,2-4,7-10,13-14H2,1H3/t22-,23+/m0/s1. The van der Waals surface area contributed by atoms with E-state index in [2.05, 4.69) is 36.4 Å². The Kier molecular flexibility index (Phi) is 5.28. The molecule has 2 atom stereocenters. The summed E-state index contributed by atoms with van der Waals surface area (Å²) >= 11 is 0. The number of carbonyl (C=O) groups is 1. The summed E-state index contributed by atoms with van der Waals surface area (Å²) in [5, 5.41) is 2.69. The van der Waals surface area contributed by atoms with Crippen molar-refractivity contribution in [3.05, 3.63) is 47.5 Å². The van der Waals surface area contributed by atoms with Crippen molar-refractivity contribution < 1.29 is 9.53 Å². The van der Waals surface area contributed by atoms with Crippen LogP contribution in [0, 0.1) is 0 Å². The van der Waals surface area contributed by atoms with Crippen LogP contribution >= 0.6 is 0 Å². The molecule has 0 amide bonds. The Hall–Kier alpha value is -1.83. The number of hydrogen-bond acceptors (Lipinski definition) is 2. The lowest BCUT2D eigenvalue weighted by Gasteiger charge is -2.35. The van der Waals surface area contributed by atoms with Crippen LogP contribution in [0.1, 0.15) is 87.7 Å². The van der Waals surface area contributed by atoms with Gasteiger partial charge in [-0.05, 0) is 59.9 Å². The van der Waals surface area contributed by atoms with Crippen molar-refractivity contribution in [3.63, 3.8) is 0 Å². The number of ether oxygens (including phenoxy) is 1. The molecular weight excluding hydrogens is 320 g/mol. The SMILES string of the molecule is CC(=O)O[C@@H]1CCCC[C@@H]1c1c(C2CCCCC2)ccc2ccccc12. The van der Waals surface area contributed by atoms with Gasteiger partial charge in [-0.3, -0.25) is 4.79 Å². The predicted molar refractivity (Wildman–Crippen MR) is 107 cm³/mol. The molecule has 2 aromatic rings. The molecule has 0 radical (unpaired) electrons. The van der Waals surface area contributed by atoms with E-state index in [0.29, 0.717) is 11.8 Å². The molecule has 0 N–H and O–H groups in total. The average Bonchev–Trinajstić information content (AvgIpc) is 2.68. The highest BCUT2D eigenvalue weighted by atomic mass is 16.5. The predicted octanol–water partition coefficient (Wildman–Crippen LogP) is 6.48. The van der Waals surface area contributed by atoms with Gasteiger partial charge in [0.05, 0.1) is 0 Å². The van der Waals surface area contributed by atoms with Crippen LogP contribution in [0.25, 0.3) is 10.8 Å². The van der Waals surface area contributed by atoms with Gasteiger partial charge in [0, 0.05) is 12.8 Å². The van der Waals surface area contributed by atoms with E-state index in [1.165, 1.54) is 60.4 Å². The highest BCUT2D eigenvalue weighted by Crippen LogP contribution is 2.45. The molecule has 4 rings (SSSR count). The molecule has 2 fully saturated rings. The molecule has 0 aliphatic heterocycles. The summed E-state index contributed by atoms with van der Waals surface area (Å²) in [5.74, 6) is 0.875. The third-order valence-electron chi connectivity index (χ3n) is 6.44. The fourth-order valence-electron chi connectivity index (χ4n) is 5.28. The van der Waals surface area contributed by atoms with Crippen molar-refractivity contribution in [2.75, 3.05) is 0 Å². The third-order valence-corrected chi connectivity index (χ3v) is 6.44. The van der Waals surface area contributed by atoms with Crippen molar-refractivity contribution >= 4 is 16.7 Å². The Morgan fingerprint density at radius 1 is 0.885 bits per heavy atom. The molecule has 2 aliphatic rings. The molecule has 0 aromatic heterocycles. The molecule has 2 heteroatoms. The van der Waals surface area contributed by atoms with Crippen LogP contribution in [0.3, 0.4) is 0 Å². The van der Waals surface area contributed by atoms with Crippen LogP contribution in [-0.2, 0) is 9.53 Å². The Bertz CT molecular complexity index is 773. The van der Waals surface area contributed by atoms with Crippen LogP contribution in [0.5, 0.6) is 0 Å². The second-order valence-electron chi connectivity index (χ2n) is 8.16. The van der Waals surface area contributed by atoms with Crippen LogP contribution < -0.4 is 0 Å². The summed E-state index contributed by atoms with van der Waals surface area (Å²) in [6, 6.07) is 13.4. The van der Waals surface area contributed by atoms with Crippen molar-refractivity contribution in [1.29, 1.82) is 0 Å². The number of rotatable bonds is 3. The van der Waals surface area contributed by atoms with E-state index in [-0.39, 0.29) is 12.1 Å². The maximum absolute atomic E-state index is 11.7. The molecule has 0 saturated heterocycles. The van der Waals surface area contributed by atoms with E-state index in [0.717, 1.165) is 19.3 Å². The van der Waals surface area contributed by atoms with Crippen molar-refractivity contribution in [2.24, 2.45) is 0 Å². The first-order valence-electron chi connectivity index (χ1n) is 10.4. The van der Waals surface area contributed by atoms with E-state index in [9.17, 15) is 4.79 Å². The van der Waals surface area contributed by atoms with Crippen molar-refractivity contribution in [3.8, 4) is 0 Å². The zero-order valence-electron chi connectivity index (χ0n) is 15.9. The van der Waals surface area contributed by atoms with Crippen molar-refractivity contribution in [1.82, 2.24) is 0 Å². The molecule has 2 nitrogen and oxygen atoms in total. The van der Waals surface area contributed by atoms with Crippen molar-refractivity contribution in [2.45, 2.75) is 82.7 Å². The lowest BCUT2D eigenvalue weighted by atomic mass is 9.73.